The second kappa shape index (κ2) is 7.83. The molecule has 0 saturated carbocycles. The summed E-state index contributed by atoms with van der Waals surface area (Å²) in [5.41, 5.74) is 7.92. The van der Waals surface area contributed by atoms with Crippen molar-refractivity contribution in [3.05, 3.63) is 70.2 Å². The highest BCUT2D eigenvalue weighted by molar-refractivity contribution is 7.13. The van der Waals surface area contributed by atoms with E-state index < -0.39 is 0 Å². The molecule has 0 amide bonds. The predicted molar refractivity (Wildman–Crippen MR) is 116 cm³/mol. The molecule has 0 spiro atoms. The highest BCUT2D eigenvalue weighted by Gasteiger charge is 2.19. The number of hydrogen-bond donors (Lipinski definition) is 0. The molecular formula is C23H27N3S. The SMILES string of the molecule is Cc1ccccc1-c1nc(CN2CCN(c3cccc(C)c3C)CC2)cs1. The molecule has 1 aliphatic heterocycles. The molecule has 3 nitrogen and oxygen atoms in total. The average molecular weight is 378 g/mol. The molecule has 1 fully saturated rings. The number of hydrogen-bond acceptors (Lipinski definition) is 4. The van der Waals surface area contributed by atoms with Gasteiger partial charge in [0, 0.05) is 49.4 Å². The Morgan fingerprint density at radius 3 is 2.41 bits per heavy atom. The van der Waals surface area contributed by atoms with E-state index in [1.165, 1.54) is 33.6 Å². The Hall–Kier alpha value is -2.17. The van der Waals surface area contributed by atoms with E-state index in [0.29, 0.717) is 0 Å². The minimum absolute atomic E-state index is 0.947. The molecule has 3 aromatic rings. The second-order valence-corrected chi connectivity index (χ2v) is 8.30. The number of benzene rings is 2. The van der Waals surface area contributed by atoms with Crippen molar-refractivity contribution in [2.45, 2.75) is 27.3 Å². The minimum Gasteiger partial charge on any atom is -0.369 e. The van der Waals surface area contributed by atoms with Gasteiger partial charge in [0.15, 0.2) is 0 Å². The molecule has 1 saturated heterocycles. The van der Waals surface area contributed by atoms with Crippen molar-refractivity contribution in [2.24, 2.45) is 0 Å². The number of aryl methyl sites for hydroxylation is 2. The number of thiazole rings is 1. The van der Waals surface area contributed by atoms with Gasteiger partial charge >= 0.3 is 0 Å². The number of anilines is 1. The van der Waals surface area contributed by atoms with Gasteiger partial charge in [0.1, 0.15) is 5.01 Å². The first-order chi connectivity index (χ1) is 13.1. The topological polar surface area (TPSA) is 19.4 Å². The van der Waals surface area contributed by atoms with Crippen molar-refractivity contribution in [1.82, 2.24) is 9.88 Å². The zero-order valence-corrected chi connectivity index (χ0v) is 17.2. The Morgan fingerprint density at radius 2 is 1.63 bits per heavy atom. The summed E-state index contributed by atoms with van der Waals surface area (Å²) in [6.45, 7) is 11.9. The number of aromatic nitrogens is 1. The van der Waals surface area contributed by atoms with E-state index in [4.69, 9.17) is 4.98 Å². The van der Waals surface area contributed by atoms with Crippen molar-refractivity contribution < 1.29 is 0 Å². The second-order valence-electron chi connectivity index (χ2n) is 7.44. The van der Waals surface area contributed by atoms with Gasteiger partial charge in [-0.15, -0.1) is 11.3 Å². The molecule has 0 N–H and O–H groups in total. The molecule has 140 valence electrons. The molecule has 4 heteroatoms. The Bertz CT molecular complexity index is 923. The summed E-state index contributed by atoms with van der Waals surface area (Å²) in [6.07, 6.45) is 0. The third-order valence-electron chi connectivity index (χ3n) is 5.60. The average Bonchev–Trinajstić information content (AvgIpc) is 3.13. The fourth-order valence-corrected chi connectivity index (χ4v) is 4.67. The van der Waals surface area contributed by atoms with Gasteiger partial charge in [-0.2, -0.15) is 0 Å². The molecule has 0 radical (unpaired) electrons. The molecule has 27 heavy (non-hydrogen) atoms. The van der Waals surface area contributed by atoms with Gasteiger partial charge in [-0.25, -0.2) is 4.98 Å². The van der Waals surface area contributed by atoms with Crippen molar-refractivity contribution in [1.29, 1.82) is 0 Å². The monoisotopic (exact) mass is 377 g/mol. The van der Waals surface area contributed by atoms with E-state index in [1.54, 1.807) is 11.3 Å². The van der Waals surface area contributed by atoms with Crippen molar-refractivity contribution >= 4 is 17.0 Å². The van der Waals surface area contributed by atoms with Gasteiger partial charge in [-0.3, -0.25) is 4.90 Å². The zero-order valence-electron chi connectivity index (χ0n) is 16.4. The largest absolute Gasteiger partial charge is 0.369 e. The molecule has 1 aliphatic rings. The summed E-state index contributed by atoms with van der Waals surface area (Å²) in [6, 6.07) is 15.1. The maximum atomic E-state index is 4.90. The Morgan fingerprint density at radius 1 is 0.889 bits per heavy atom. The van der Waals surface area contributed by atoms with Crippen LogP contribution in [-0.2, 0) is 6.54 Å². The lowest BCUT2D eigenvalue weighted by molar-refractivity contribution is 0.247. The van der Waals surface area contributed by atoms with E-state index in [-0.39, 0.29) is 0 Å². The summed E-state index contributed by atoms with van der Waals surface area (Å²) in [7, 11) is 0. The van der Waals surface area contributed by atoms with Crippen molar-refractivity contribution in [3.8, 4) is 10.6 Å². The summed E-state index contributed by atoms with van der Waals surface area (Å²) in [5.74, 6) is 0. The predicted octanol–water partition coefficient (Wildman–Crippen LogP) is 5.06. The molecule has 0 aliphatic carbocycles. The Labute approximate surface area is 166 Å². The van der Waals surface area contributed by atoms with Crippen LogP contribution in [0.15, 0.2) is 47.8 Å². The van der Waals surface area contributed by atoms with Crippen LogP contribution < -0.4 is 4.90 Å². The van der Waals surface area contributed by atoms with Crippen LogP contribution in [0, 0.1) is 20.8 Å². The van der Waals surface area contributed by atoms with Crippen LogP contribution in [0.3, 0.4) is 0 Å². The smallest absolute Gasteiger partial charge is 0.123 e. The lowest BCUT2D eigenvalue weighted by Crippen LogP contribution is -2.46. The first-order valence-corrected chi connectivity index (χ1v) is 10.5. The first kappa shape index (κ1) is 18.2. The summed E-state index contributed by atoms with van der Waals surface area (Å²) >= 11 is 1.76. The summed E-state index contributed by atoms with van der Waals surface area (Å²) in [5, 5.41) is 3.36. The van der Waals surface area contributed by atoms with Gasteiger partial charge in [-0.05, 0) is 43.5 Å². The van der Waals surface area contributed by atoms with E-state index in [0.717, 1.165) is 37.7 Å². The molecular weight excluding hydrogens is 350 g/mol. The van der Waals surface area contributed by atoms with E-state index in [9.17, 15) is 0 Å². The van der Waals surface area contributed by atoms with E-state index in [2.05, 4.69) is 78.4 Å². The Kier molecular flexibility index (Phi) is 5.28. The molecule has 0 unspecified atom stereocenters. The molecule has 0 bridgehead atoms. The van der Waals surface area contributed by atoms with Crippen LogP contribution in [0.2, 0.25) is 0 Å². The van der Waals surface area contributed by atoms with Gasteiger partial charge in [-0.1, -0.05) is 36.4 Å². The standard InChI is InChI=1S/C23H27N3S/c1-17-8-6-10-22(19(17)3)26-13-11-25(12-14-26)15-20-16-27-23(24-20)21-9-5-4-7-18(21)2/h4-10,16H,11-15H2,1-3H3. The van der Waals surface area contributed by atoms with E-state index in [1.807, 2.05) is 0 Å². The number of piperazine rings is 1. The van der Waals surface area contributed by atoms with Crippen LogP contribution in [-0.4, -0.2) is 36.1 Å². The highest BCUT2D eigenvalue weighted by atomic mass is 32.1. The zero-order chi connectivity index (χ0) is 18.8. The van der Waals surface area contributed by atoms with Gasteiger partial charge in [0.05, 0.1) is 5.69 Å². The lowest BCUT2D eigenvalue weighted by Gasteiger charge is -2.36. The molecule has 4 rings (SSSR count). The van der Waals surface area contributed by atoms with Gasteiger partial charge < -0.3 is 4.90 Å². The van der Waals surface area contributed by atoms with Crippen molar-refractivity contribution in [2.75, 3.05) is 31.1 Å². The maximum Gasteiger partial charge on any atom is 0.123 e. The molecule has 1 aromatic heterocycles. The van der Waals surface area contributed by atoms with Gasteiger partial charge in [0.2, 0.25) is 0 Å². The molecule has 2 aromatic carbocycles. The van der Waals surface area contributed by atoms with Gasteiger partial charge in [0.25, 0.3) is 0 Å². The summed E-state index contributed by atoms with van der Waals surface area (Å²) in [4.78, 5) is 9.95. The van der Waals surface area contributed by atoms with Crippen LogP contribution in [0.5, 0.6) is 0 Å². The van der Waals surface area contributed by atoms with Crippen LogP contribution >= 0.6 is 11.3 Å². The number of nitrogens with zero attached hydrogens (tertiary/aromatic N) is 3. The molecule has 2 heterocycles. The van der Waals surface area contributed by atoms with Crippen LogP contribution in [0.25, 0.3) is 10.6 Å². The number of rotatable bonds is 4. The normalized spacial score (nSPS) is 15.3. The minimum atomic E-state index is 0.947. The fourth-order valence-electron chi connectivity index (χ4n) is 3.77. The van der Waals surface area contributed by atoms with Crippen LogP contribution in [0.4, 0.5) is 5.69 Å². The third kappa shape index (κ3) is 3.92. The van der Waals surface area contributed by atoms with Crippen molar-refractivity contribution in [3.63, 3.8) is 0 Å². The maximum absolute atomic E-state index is 4.90. The fraction of sp³-hybridized carbons (Fsp3) is 0.348. The van der Waals surface area contributed by atoms with Crippen LogP contribution in [0.1, 0.15) is 22.4 Å². The summed E-state index contributed by atoms with van der Waals surface area (Å²) < 4.78 is 0. The first-order valence-electron chi connectivity index (χ1n) is 9.66. The lowest BCUT2D eigenvalue weighted by atomic mass is 10.1. The molecule has 0 atom stereocenters. The quantitative estimate of drug-likeness (QED) is 0.634. The third-order valence-corrected chi connectivity index (χ3v) is 6.53. The van der Waals surface area contributed by atoms with E-state index >= 15 is 0 Å². The Balaban J connectivity index is 1.39. The highest BCUT2D eigenvalue weighted by Crippen LogP contribution is 2.28.